The number of alkyl carbamates (subject to hydrolysis) is 1. The number of nitrogens with one attached hydrogen (secondary N) is 1. The molecule has 0 spiro atoms. The molecule has 7 heteroatoms. The summed E-state index contributed by atoms with van der Waals surface area (Å²) in [6.45, 7) is 0.169. The Balaban J connectivity index is 1.38. The van der Waals surface area contributed by atoms with Gasteiger partial charge in [-0.2, -0.15) is 0 Å². The number of ether oxygens (including phenoxy) is 1. The minimum absolute atomic E-state index is 0.0287. The first-order valence-corrected chi connectivity index (χ1v) is 9.94. The topological polar surface area (TPSA) is 81.5 Å². The van der Waals surface area contributed by atoms with Crippen LogP contribution >= 0.6 is 11.6 Å². The second-order valence-electron chi connectivity index (χ2n) is 6.87. The molecule has 0 atom stereocenters. The molecule has 1 N–H and O–H groups in total. The molecule has 0 saturated heterocycles. The number of hydrogen-bond acceptors (Lipinski definition) is 4. The van der Waals surface area contributed by atoms with Gasteiger partial charge in [-0.3, -0.25) is 10.1 Å². The van der Waals surface area contributed by atoms with Crippen molar-refractivity contribution in [2.75, 3.05) is 13.2 Å². The zero-order valence-electron chi connectivity index (χ0n) is 16.3. The number of fused-ring (bicyclic) bond motifs is 3. The number of amides is 1. The molecule has 0 saturated carbocycles. The van der Waals surface area contributed by atoms with Gasteiger partial charge in [-0.15, -0.1) is 0 Å². The van der Waals surface area contributed by atoms with Crippen LogP contribution in [0.5, 0.6) is 0 Å². The maximum atomic E-state index is 12.1. The number of nitro groups is 1. The first kappa shape index (κ1) is 20.5. The lowest BCUT2D eigenvalue weighted by atomic mass is 9.98. The summed E-state index contributed by atoms with van der Waals surface area (Å²) in [4.78, 5) is 22.7. The molecule has 0 aliphatic heterocycles. The Morgan fingerprint density at radius 3 is 2.32 bits per heavy atom. The van der Waals surface area contributed by atoms with E-state index in [0.717, 1.165) is 22.3 Å². The highest BCUT2D eigenvalue weighted by atomic mass is 35.5. The van der Waals surface area contributed by atoms with E-state index in [-0.39, 0.29) is 35.3 Å². The van der Waals surface area contributed by atoms with Crippen molar-refractivity contribution >= 4 is 23.4 Å². The fourth-order valence-electron chi connectivity index (χ4n) is 3.69. The van der Waals surface area contributed by atoms with Gasteiger partial charge in [0.2, 0.25) is 0 Å². The lowest BCUT2D eigenvalue weighted by molar-refractivity contribution is -0.385. The van der Waals surface area contributed by atoms with E-state index in [1.807, 2.05) is 36.4 Å². The number of rotatable bonds is 4. The van der Waals surface area contributed by atoms with Crippen molar-refractivity contribution in [1.82, 2.24) is 5.32 Å². The maximum absolute atomic E-state index is 12.1. The van der Waals surface area contributed by atoms with Crippen LogP contribution in [0.1, 0.15) is 22.6 Å². The first-order chi connectivity index (χ1) is 15.1. The zero-order valence-corrected chi connectivity index (χ0v) is 17.1. The lowest BCUT2D eigenvalue weighted by Gasteiger charge is -2.14. The van der Waals surface area contributed by atoms with Crippen LogP contribution in [0.3, 0.4) is 0 Å². The molecule has 3 aromatic carbocycles. The Labute approximate surface area is 184 Å². The molecule has 0 aromatic heterocycles. The normalized spacial score (nSPS) is 11.6. The zero-order chi connectivity index (χ0) is 21.8. The summed E-state index contributed by atoms with van der Waals surface area (Å²) in [6, 6.07) is 20.5. The van der Waals surface area contributed by atoms with Crippen LogP contribution in [-0.4, -0.2) is 24.2 Å². The fourth-order valence-corrected chi connectivity index (χ4v) is 3.90. The van der Waals surface area contributed by atoms with Crippen molar-refractivity contribution < 1.29 is 14.5 Å². The van der Waals surface area contributed by atoms with Gasteiger partial charge in [0, 0.05) is 12.0 Å². The van der Waals surface area contributed by atoms with Crippen molar-refractivity contribution in [2.24, 2.45) is 0 Å². The number of benzene rings is 3. The molecule has 0 bridgehead atoms. The van der Waals surface area contributed by atoms with Crippen molar-refractivity contribution in [3.05, 3.63) is 98.6 Å². The van der Waals surface area contributed by atoms with E-state index in [1.54, 1.807) is 0 Å². The average Bonchev–Trinajstić information content (AvgIpc) is 3.09. The third kappa shape index (κ3) is 4.23. The van der Waals surface area contributed by atoms with Gasteiger partial charge in [0.15, 0.2) is 0 Å². The summed E-state index contributed by atoms with van der Waals surface area (Å²) in [5, 5.41) is 13.8. The molecule has 6 nitrogen and oxygen atoms in total. The Hall–Kier alpha value is -3.82. The van der Waals surface area contributed by atoms with Gasteiger partial charge in [-0.25, -0.2) is 4.79 Å². The van der Waals surface area contributed by atoms with Crippen molar-refractivity contribution in [3.63, 3.8) is 0 Å². The third-order valence-corrected chi connectivity index (χ3v) is 5.38. The van der Waals surface area contributed by atoms with Gasteiger partial charge in [0.25, 0.3) is 5.69 Å². The van der Waals surface area contributed by atoms with E-state index < -0.39 is 11.0 Å². The Bertz CT molecular complexity index is 1180. The van der Waals surface area contributed by atoms with Crippen molar-refractivity contribution in [3.8, 4) is 23.0 Å². The molecule has 0 unspecified atom stereocenters. The van der Waals surface area contributed by atoms with E-state index in [0.29, 0.717) is 0 Å². The summed E-state index contributed by atoms with van der Waals surface area (Å²) in [7, 11) is 0. The third-order valence-electron chi connectivity index (χ3n) is 5.07. The molecular formula is C24H17ClN2O4. The second-order valence-corrected chi connectivity index (χ2v) is 7.28. The van der Waals surface area contributed by atoms with Crippen molar-refractivity contribution in [1.29, 1.82) is 0 Å². The number of hydrogen-bond donors (Lipinski definition) is 1. The number of nitro benzene ring substituents is 1. The van der Waals surface area contributed by atoms with Crippen LogP contribution in [0.15, 0.2) is 66.7 Å². The molecule has 0 radical (unpaired) electrons. The molecule has 1 aliphatic rings. The molecular weight excluding hydrogens is 416 g/mol. The van der Waals surface area contributed by atoms with Gasteiger partial charge in [0.1, 0.15) is 12.2 Å². The molecule has 4 rings (SSSR count). The van der Waals surface area contributed by atoms with E-state index in [2.05, 4.69) is 29.3 Å². The number of halogens is 1. The summed E-state index contributed by atoms with van der Waals surface area (Å²) in [5.74, 6) is 5.29. The number of carbonyl (C=O) groups is 1. The minimum Gasteiger partial charge on any atom is -0.449 e. The second kappa shape index (κ2) is 8.90. The standard InChI is InChI=1S/C24H17ClN2O4/c25-22-12-5-13-23(27(29)30)20(22)11-6-14-26-24(28)31-15-21-18-9-3-1-7-16(18)17-8-2-4-10-19(17)21/h1-5,7-10,12-13,21H,14-15H2,(H,26,28). The van der Waals surface area contributed by atoms with Crippen LogP contribution in [-0.2, 0) is 4.74 Å². The van der Waals surface area contributed by atoms with E-state index >= 15 is 0 Å². The average molecular weight is 433 g/mol. The van der Waals surface area contributed by atoms with Crippen LogP contribution < -0.4 is 5.32 Å². The molecule has 0 fully saturated rings. The predicted molar refractivity (Wildman–Crippen MR) is 118 cm³/mol. The van der Waals surface area contributed by atoms with Gasteiger partial charge < -0.3 is 10.1 Å². The van der Waals surface area contributed by atoms with E-state index in [1.165, 1.54) is 18.2 Å². The summed E-state index contributed by atoms with van der Waals surface area (Å²) in [6.07, 6.45) is -0.607. The smallest absolute Gasteiger partial charge is 0.407 e. The highest BCUT2D eigenvalue weighted by Gasteiger charge is 2.28. The van der Waals surface area contributed by atoms with Crippen LogP contribution in [0.25, 0.3) is 11.1 Å². The predicted octanol–water partition coefficient (Wildman–Crippen LogP) is 5.14. The highest BCUT2D eigenvalue weighted by Crippen LogP contribution is 2.44. The molecule has 3 aromatic rings. The Morgan fingerprint density at radius 2 is 1.68 bits per heavy atom. The van der Waals surface area contributed by atoms with Gasteiger partial charge >= 0.3 is 6.09 Å². The minimum atomic E-state index is -0.607. The Morgan fingerprint density at radius 1 is 1.03 bits per heavy atom. The van der Waals surface area contributed by atoms with E-state index in [4.69, 9.17) is 16.3 Å². The summed E-state index contributed by atoms with van der Waals surface area (Å²) < 4.78 is 5.43. The fraction of sp³-hybridized carbons (Fsp3) is 0.125. The largest absolute Gasteiger partial charge is 0.449 e. The summed E-state index contributed by atoms with van der Waals surface area (Å²) in [5.41, 5.74) is 4.49. The molecule has 0 heterocycles. The molecule has 1 amide bonds. The molecule has 1 aliphatic carbocycles. The number of nitrogens with zero attached hydrogens (tertiary/aromatic N) is 1. The summed E-state index contributed by atoms with van der Waals surface area (Å²) >= 11 is 6.00. The first-order valence-electron chi connectivity index (χ1n) is 9.57. The van der Waals surface area contributed by atoms with Crippen LogP contribution in [0.2, 0.25) is 5.02 Å². The molecule has 154 valence electrons. The monoisotopic (exact) mass is 432 g/mol. The number of carbonyl (C=O) groups excluding carboxylic acids is 1. The quantitative estimate of drug-likeness (QED) is 0.351. The lowest BCUT2D eigenvalue weighted by Crippen LogP contribution is -2.26. The Kier molecular flexibility index (Phi) is 5.87. The van der Waals surface area contributed by atoms with Crippen molar-refractivity contribution in [2.45, 2.75) is 5.92 Å². The van der Waals surface area contributed by atoms with Gasteiger partial charge in [0.05, 0.1) is 16.5 Å². The SMILES string of the molecule is O=C(NCC#Cc1c(Cl)cccc1[N+](=O)[O-])OCC1c2ccccc2-c2ccccc21. The highest BCUT2D eigenvalue weighted by molar-refractivity contribution is 6.32. The van der Waals surface area contributed by atoms with E-state index in [9.17, 15) is 14.9 Å². The van der Waals surface area contributed by atoms with Crippen LogP contribution in [0.4, 0.5) is 10.5 Å². The maximum Gasteiger partial charge on any atom is 0.407 e. The van der Waals surface area contributed by atoms with Gasteiger partial charge in [-0.05, 0) is 28.3 Å². The molecule has 31 heavy (non-hydrogen) atoms. The van der Waals surface area contributed by atoms with Crippen LogP contribution in [0, 0.1) is 22.0 Å². The van der Waals surface area contributed by atoms with Gasteiger partial charge in [-0.1, -0.05) is 78.0 Å².